The highest BCUT2D eigenvalue weighted by Gasteiger charge is 2.18. The molecule has 0 radical (unpaired) electrons. The summed E-state index contributed by atoms with van der Waals surface area (Å²) in [5.41, 5.74) is 0. The van der Waals surface area contributed by atoms with Crippen LogP contribution in [0.25, 0.3) is 0 Å². The first-order valence-corrected chi connectivity index (χ1v) is 31.5. The summed E-state index contributed by atoms with van der Waals surface area (Å²) in [5.74, 6) is -0.0606. The van der Waals surface area contributed by atoms with Crippen molar-refractivity contribution < 1.29 is 24.5 Å². The third kappa shape index (κ3) is 55.8. The number of amides is 1. The van der Waals surface area contributed by atoms with Gasteiger partial charge in [-0.3, -0.25) is 9.59 Å². The number of hydrogen-bond donors (Lipinski definition) is 3. The Morgan fingerprint density at radius 1 is 0.391 bits per heavy atom. The summed E-state index contributed by atoms with van der Waals surface area (Å²) in [6.45, 7) is 4.93. The maximum atomic E-state index is 12.5. The van der Waals surface area contributed by atoms with Crippen LogP contribution in [0.4, 0.5) is 0 Å². The SMILES string of the molecule is CCCCCCCCCCCCCCCCCC/C=C/C(O)C(CO)NC(=O)CCCCCCCCCCCCCCCCCCCOC(=O)CCCCCCCCCCCCCCCCCCC. The van der Waals surface area contributed by atoms with Crippen molar-refractivity contribution >= 4 is 11.9 Å². The Labute approximate surface area is 431 Å². The number of aliphatic hydroxyl groups excluding tert-OH is 2. The number of ether oxygens (including phenoxy) is 1. The topological polar surface area (TPSA) is 95.9 Å². The summed E-state index contributed by atoms with van der Waals surface area (Å²) in [6, 6.07) is -0.631. The number of hydrogen-bond acceptors (Lipinski definition) is 5. The minimum atomic E-state index is -0.848. The van der Waals surface area contributed by atoms with Gasteiger partial charge in [-0.25, -0.2) is 0 Å². The molecule has 0 spiro atoms. The van der Waals surface area contributed by atoms with Crippen LogP contribution in [0.5, 0.6) is 0 Å². The van der Waals surface area contributed by atoms with E-state index in [4.69, 9.17) is 4.74 Å². The van der Waals surface area contributed by atoms with Gasteiger partial charge in [-0.2, -0.15) is 0 Å². The van der Waals surface area contributed by atoms with Gasteiger partial charge < -0.3 is 20.3 Å². The first-order chi connectivity index (χ1) is 34.0. The normalized spacial score (nSPS) is 12.6. The minimum Gasteiger partial charge on any atom is -0.466 e. The van der Waals surface area contributed by atoms with E-state index >= 15 is 0 Å². The van der Waals surface area contributed by atoms with E-state index in [1.54, 1.807) is 6.08 Å². The molecule has 0 saturated carbocycles. The fraction of sp³-hybridized carbons (Fsp3) is 0.937. The van der Waals surface area contributed by atoms with Crippen LogP contribution < -0.4 is 5.32 Å². The molecule has 0 fully saturated rings. The van der Waals surface area contributed by atoms with E-state index in [9.17, 15) is 19.8 Å². The van der Waals surface area contributed by atoms with Gasteiger partial charge in [0.1, 0.15) is 0 Å². The standard InChI is InChI=1S/C63H123NO5/c1-3-5-7-9-11-13-15-17-19-21-24-27-31-35-39-43-47-51-55-61(66)60(59-65)64-62(67)56-52-48-44-40-36-32-28-25-22-26-30-34-38-42-46-50-54-58-69-63(68)57-53-49-45-41-37-33-29-23-20-18-16-14-12-10-8-6-4-2/h51,55,60-61,65-66H,3-50,52-54,56-59H2,1-2H3,(H,64,67)/b55-51+. The van der Waals surface area contributed by atoms with Gasteiger partial charge >= 0.3 is 5.97 Å². The minimum absolute atomic E-state index is 0.00928. The fourth-order valence-electron chi connectivity index (χ4n) is 9.99. The van der Waals surface area contributed by atoms with Crippen molar-refractivity contribution in [3.05, 3.63) is 12.2 Å². The van der Waals surface area contributed by atoms with E-state index < -0.39 is 12.1 Å². The number of allylic oxidation sites excluding steroid dienone is 1. The second-order valence-electron chi connectivity index (χ2n) is 21.8. The van der Waals surface area contributed by atoms with Gasteiger partial charge in [0, 0.05) is 12.8 Å². The number of esters is 1. The van der Waals surface area contributed by atoms with Crippen molar-refractivity contribution in [1.82, 2.24) is 5.32 Å². The highest BCUT2D eigenvalue weighted by molar-refractivity contribution is 5.76. The predicted molar refractivity (Wildman–Crippen MR) is 301 cm³/mol. The van der Waals surface area contributed by atoms with Gasteiger partial charge in [-0.15, -0.1) is 0 Å². The number of aliphatic hydroxyl groups is 2. The molecule has 2 atom stereocenters. The monoisotopic (exact) mass is 974 g/mol. The zero-order valence-electron chi connectivity index (χ0n) is 46.8. The molecule has 0 rings (SSSR count). The zero-order valence-corrected chi connectivity index (χ0v) is 46.8. The van der Waals surface area contributed by atoms with Crippen LogP contribution in [-0.2, 0) is 14.3 Å². The van der Waals surface area contributed by atoms with Crippen molar-refractivity contribution in [2.45, 2.75) is 366 Å². The lowest BCUT2D eigenvalue weighted by molar-refractivity contribution is -0.143. The van der Waals surface area contributed by atoms with Crippen LogP contribution in [0.1, 0.15) is 354 Å². The number of unbranched alkanes of at least 4 members (excludes halogenated alkanes) is 48. The van der Waals surface area contributed by atoms with Crippen molar-refractivity contribution in [3.8, 4) is 0 Å². The molecule has 3 N–H and O–H groups in total. The van der Waals surface area contributed by atoms with E-state index in [0.717, 1.165) is 38.5 Å². The van der Waals surface area contributed by atoms with Crippen molar-refractivity contribution in [2.75, 3.05) is 13.2 Å². The molecule has 0 aliphatic heterocycles. The quantitative estimate of drug-likeness (QED) is 0.0321. The Morgan fingerprint density at radius 3 is 0.986 bits per heavy atom. The fourth-order valence-corrected chi connectivity index (χ4v) is 9.99. The Kier molecular flexibility index (Phi) is 58.0. The van der Waals surface area contributed by atoms with Crippen LogP contribution in [0.2, 0.25) is 0 Å². The smallest absolute Gasteiger partial charge is 0.305 e. The number of carbonyl (C=O) groups excluding carboxylic acids is 2. The Balaban J connectivity index is 3.42. The molecule has 0 heterocycles. The van der Waals surface area contributed by atoms with Gasteiger partial charge in [0.2, 0.25) is 5.91 Å². The van der Waals surface area contributed by atoms with Crippen LogP contribution in [0.3, 0.4) is 0 Å². The molecule has 0 saturated heterocycles. The van der Waals surface area contributed by atoms with Crippen LogP contribution in [0.15, 0.2) is 12.2 Å². The molecule has 0 aliphatic rings. The van der Waals surface area contributed by atoms with E-state index in [2.05, 4.69) is 19.2 Å². The molecule has 69 heavy (non-hydrogen) atoms. The summed E-state index contributed by atoms with van der Waals surface area (Å²) >= 11 is 0. The summed E-state index contributed by atoms with van der Waals surface area (Å²) in [7, 11) is 0. The number of carbonyl (C=O) groups is 2. The van der Waals surface area contributed by atoms with Gasteiger partial charge in [-0.1, -0.05) is 321 Å². The molecule has 1 amide bonds. The second-order valence-corrected chi connectivity index (χ2v) is 21.8. The summed E-state index contributed by atoms with van der Waals surface area (Å²) < 4.78 is 5.49. The average molecular weight is 975 g/mol. The molecule has 6 nitrogen and oxygen atoms in total. The molecular formula is C63H123NO5. The molecule has 0 aromatic carbocycles. The first kappa shape index (κ1) is 67.6. The number of rotatable bonds is 59. The molecule has 0 aliphatic carbocycles. The predicted octanol–water partition coefficient (Wildman–Crippen LogP) is 19.6. The number of nitrogens with one attached hydrogen (secondary N) is 1. The van der Waals surface area contributed by atoms with Gasteiger partial charge in [0.15, 0.2) is 0 Å². The Bertz CT molecular complexity index is 1030. The zero-order chi connectivity index (χ0) is 50.0. The van der Waals surface area contributed by atoms with E-state index in [1.165, 1.54) is 289 Å². The molecule has 6 heteroatoms. The lowest BCUT2D eigenvalue weighted by Gasteiger charge is -2.20. The van der Waals surface area contributed by atoms with Gasteiger partial charge in [0.25, 0.3) is 0 Å². The Morgan fingerprint density at radius 2 is 0.667 bits per heavy atom. The third-order valence-corrected chi connectivity index (χ3v) is 14.8. The lowest BCUT2D eigenvalue weighted by atomic mass is 10.0. The van der Waals surface area contributed by atoms with Crippen molar-refractivity contribution in [1.29, 1.82) is 0 Å². The molecular weight excluding hydrogens is 851 g/mol. The third-order valence-electron chi connectivity index (χ3n) is 14.8. The van der Waals surface area contributed by atoms with E-state index in [-0.39, 0.29) is 18.5 Å². The van der Waals surface area contributed by atoms with Crippen LogP contribution >= 0.6 is 0 Å². The first-order valence-electron chi connectivity index (χ1n) is 31.5. The molecule has 0 bridgehead atoms. The molecule has 2 unspecified atom stereocenters. The van der Waals surface area contributed by atoms with Crippen LogP contribution in [-0.4, -0.2) is 47.4 Å². The van der Waals surface area contributed by atoms with Gasteiger partial charge in [0.05, 0.1) is 25.4 Å². The average Bonchev–Trinajstić information content (AvgIpc) is 3.35. The van der Waals surface area contributed by atoms with Crippen molar-refractivity contribution in [3.63, 3.8) is 0 Å². The molecule has 0 aromatic heterocycles. The highest BCUT2D eigenvalue weighted by Crippen LogP contribution is 2.18. The van der Waals surface area contributed by atoms with Gasteiger partial charge in [-0.05, 0) is 32.1 Å². The summed E-state index contributed by atoms with van der Waals surface area (Å²) in [4.78, 5) is 24.6. The van der Waals surface area contributed by atoms with Crippen LogP contribution in [0, 0.1) is 0 Å². The van der Waals surface area contributed by atoms with E-state index in [1.807, 2.05) is 6.08 Å². The molecule has 410 valence electrons. The lowest BCUT2D eigenvalue weighted by Crippen LogP contribution is -2.45. The maximum absolute atomic E-state index is 12.5. The van der Waals surface area contributed by atoms with Crippen molar-refractivity contribution in [2.24, 2.45) is 0 Å². The summed E-state index contributed by atoms with van der Waals surface area (Å²) in [6.07, 6.45) is 71.0. The Hall–Kier alpha value is -1.40. The highest BCUT2D eigenvalue weighted by atomic mass is 16.5. The van der Waals surface area contributed by atoms with E-state index in [0.29, 0.717) is 19.4 Å². The maximum Gasteiger partial charge on any atom is 0.305 e. The largest absolute Gasteiger partial charge is 0.466 e. The summed E-state index contributed by atoms with van der Waals surface area (Å²) in [5, 5.41) is 23.2. The second kappa shape index (κ2) is 59.2. The molecule has 0 aromatic rings.